The van der Waals surface area contributed by atoms with E-state index in [0.717, 1.165) is 0 Å². The van der Waals surface area contributed by atoms with E-state index in [9.17, 15) is 34.8 Å². The number of ether oxygens (including phenoxy) is 1. The smallest absolute Gasteiger partial charge is 0.417 e. The van der Waals surface area contributed by atoms with Crippen molar-refractivity contribution in [3.63, 3.8) is 0 Å². The molecule has 0 fully saturated rings. The van der Waals surface area contributed by atoms with Crippen LogP contribution in [0.25, 0.3) is 0 Å². The van der Waals surface area contributed by atoms with Gasteiger partial charge in [0.15, 0.2) is 0 Å². The number of benzene rings is 2. The van der Waals surface area contributed by atoms with Crippen molar-refractivity contribution in [2.45, 2.75) is 60.1 Å². The van der Waals surface area contributed by atoms with Crippen LogP contribution in [0.2, 0.25) is 0 Å². The van der Waals surface area contributed by atoms with E-state index in [0.29, 0.717) is 18.2 Å². The molecule has 0 radical (unpaired) electrons. The summed E-state index contributed by atoms with van der Waals surface area (Å²) in [5, 5.41) is 0. The van der Waals surface area contributed by atoms with Crippen LogP contribution in [0.5, 0.6) is 0 Å². The quantitative estimate of drug-likeness (QED) is 0.429. The topological polar surface area (TPSA) is 107 Å². The summed E-state index contributed by atoms with van der Waals surface area (Å²) in [6.45, 7) is 4.61. The third-order valence-electron chi connectivity index (χ3n) is 4.18. The molecule has 0 heterocycles. The molecule has 182 valence electrons. The van der Waals surface area contributed by atoms with Gasteiger partial charge in [-0.25, -0.2) is 21.6 Å². The van der Waals surface area contributed by atoms with E-state index in [-0.39, 0.29) is 24.3 Å². The van der Waals surface area contributed by atoms with E-state index in [1.165, 1.54) is 24.3 Å². The SMILES string of the molecule is CC(C)(C)OC(=O)CCCNS(=O)(=O)c1cc(S(=O)(=O)c2ccccc2)ccc1C(F)(F)F. The van der Waals surface area contributed by atoms with Crippen molar-refractivity contribution in [3.8, 4) is 0 Å². The van der Waals surface area contributed by atoms with Gasteiger partial charge in [0.2, 0.25) is 19.9 Å². The fourth-order valence-electron chi connectivity index (χ4n) is 2.77. The Morgan fingerprint density at radius 1 is 0.939 bits per heavy atom. The number of alkyl halides is 3. The van der Waals surface area contributed by atoms with Crippen LogP contribution in [-0.2, 0) is 35.6 Å². The van der Waals surface area contributed by atoms with Crippen LogP contribution in [-0.4, -0.2) is 35.0 Å². The summed E-state index contributed by atoms with van der Waals surface area (Å²) in [6.07, 6.45) is -5.23. The zero-order valence-electron chi connectivity index (χ0n) is 18.1. The molecule has 1 N–H and O–H groups in total. The van der Waals surface area contributed by atoms with Gasteiger partial charge in [0.25, 0.3) is 0 Å². The minimum atomic E-state index is -5.05. The van der Waals surface area contributed by atoms with Gasteiger partial charge in [-0.1, -0.05) is 18.2 Å². The Morgan fingerprint density at radius 2 is 1.55 bits per heavy atom. The Hall–Kier alpha value is -2.44. The Balaban J connectivity index is 2.32. The monoisotopic (exact) mass is 507 g/mol. The highest BCUT2D eigenvalue weighted by Gasteiger charge is 2.38. The van der Waals surface area contributed by atoms with Gasteiger partial charge in [-0.15, -0.1) is 0 Å². The molecule has 0 aliphatic rings. The largest absolute Gasteiger partial charge is 0.460 e. The van der Waals surface area contributed by atoms with Crippen molar-refractivity contribution in [1.29, 1.82) is 0 Å². The highest BCUT2D eigenvalue weighted by molar-refractivity contribution is 7.91. The summed E-state index contributed by atoms with van der Waals surface area (Å²) in [7, 11) is -9.02. The number of sulfonamides is 1. The number of nitrogens with one attached hydrogen (secondary N) is 1. The summed E-state index contributed by atoms with van der Waals surface area (Å²) in [5.41, 5.74) is -2.24. The Kier molecular flexibility index (Phi) is 7.98. The molecule has 0 saturated heterocycles. The van der Waals surface area contributed by atoms with Gasteiger partial charge < -0.3 is 4.74 Å². The first-order valence-corrected chi connectivity index (χ1v) is 12.7. The minimum absolute atomic E-state index is 0.0303. The molecule has 2 aromatic carbocycles. The van der Waals surface area contributed by atoms with Crippen molar-refractivity contribution >= 4 is 25.8 Å². The maximum Gasteiger partial charge on any atom is 0.417 e. The van der Waals surface area contributed by atoms with E-state index in [1.54, 1.807) is 26.8 Å². The van der Waals surface area contributed by atoms with Gasteiger partial charge in [-0.2, -0.15) is 13.2 Å². The first-order chi connectivity index (χ1) is 15.0. The molecular formula is C21H24F3NO6S2. The molecule has 0 saturated carbocycles. The van der Waals surface area contributed by atoms with Gasteiger partial charge in [0.1, 0.15) is 5.60 Å². The van der Waals surface area contributed by atoms with Crippen molar-refractivity contribution < 1.29 is 39.5 Å². The molecule has 0 atom stereocenters. The lowest BCUT2D eigenvalue weighted by Crippen LogP contribution is -2.29. The molecule has 0 unspecified atom stereocenters. The molecule has 33 heavy (non-hydrogen) atoms. The average molecular weight is 508 g/mol. The van der Waals surface area contributed by atoms with Crippen molar-refractivity contribution in [3.05, 3.63) is 54.1 Å². The summed E-state index contributed by atoms with van der Waals surface area (Å²) < 4.78 is 98.4. The number of esters is 1. The molecule has 0 aliphatic heterocycles. The predicted molar refractivity (Wildman–Crippen MR) is 114 cm³/mol. The van der Waals surface area contributed by atoms with E-state index in [1.807, 2.05) is 4.72 Å². The number of hydrogen-bond acceptors (Lipinski definition) is 6. The second-order valence-electron chi connectivity index (χ2n) is 8.06. The first kappa shape index (κ1) is 26.8. The van der Waals surface area contributed by atoms with Gasteiger partial charge >= 0.3 is 12.1 Å². The van der Waals surface area contributed by atoms with Crippen molar-refractivity contribution in [2.24, 2.45) is 0 Å². The third kappa shape index (κ3) is 7.27. The molecule has 0 spiro atoms. The minimum Gasteiger partial charge on any atom is -0.460 e. The Bertz CT molecular complexity index is 1200. The van der Waals surface area contributed by atoms with Crippen molar-refractivity contribution in [2.75, 3.05) is 6.54 Å². The fourth-order valence-corrected chi connectivity index (χ4v) is 5.48. The number of halogens is 3. The van der Waals surface area contributed by atoms with Crippen LogP contribution in [0.4, 0.5) is 13.2 Å². The molecule has 12 heteroatoms. The van der Waals surface area contributed by atoms with Crippen LogP contribution in [0, 0.1) is 0 Å². The lowest BCUT2D eigenvalue weighted by atomic mass is 10.2. The highest BCUT2D eigenvalue weighted by atomic mass is 32.2. The maximum atomic E-state index is 13.5. The third-order valence-corrected chi connectivity index (χ3v) is 7.45. The van der Waals surface area contributed by atoms with Crippen molar-refractivity contribution in [1.82, 2.24) is 4.72 Å². The van der Waals surface area contributed by atoms with Crippen LogP contribution >= 0.6 is 0 Å². The second kappa shape index (κ2) is 9.82. The Labute approximate surface area is 190 Å². The molecule has 2 rings (SSSR count). The number of rotatable bonds is 8. The zero-order chi connectivity index (χ0) is 25.1. The second-order valence-corrected chi connectivity index (χ2v) is 11.7. The molecule has 2 aromatic rings. The van der Waals surface area contributed by atoms with Gasteiger partial charge in [-0.3, -0.25) is 4.79 Å². The zero-order valence-corrected chi connectivity index (χ0v) is 19.8. The summed E-state index contributed by atoms with van der Waals surface area (Å²) in [6, 6.07) is 8.54. The highest BCUT2D eigenvalue weighted by Crippen LogP contribution is 2.36. The average Bonchev–Trinajstić information content (AvgIpc) is 2.69. The summed E-state index contributed by atoms with van der Waals surface area (Å²) >= 11 is 0. The summed E-state index contributed by atoms with van der Waals surface area (Å²) in [4.78, 5) is 9.70. The van der Waals surface area contributed by atoms with Crippen LogP contribution in [0.15, 0.2) is 63.2 Å². The normalized spacial score (nSPS) is 13.0. The predicted octanol–water partition coefficient (Wildman–Crippen LogP) is 3.94. The Morgan fingerprint density at radius 3 is 2.09 bits per heavy atom. The molecule has 0 aromatic heterocycles. The lowest BCUT2D eigenvalue weighted by Gasteiger charge is -2.19. The first-order valence-electron chi connectivity index (χ1n) is 9.77. The molecular weight excluding hydrogens is 483 g/mol. The number of carbonyl (C=O) groups excluding carboxylic acids is 1. The van der Waals surface area contributed by atoms with Gasteiger partial charge in [0, 0.05) is 13.0 Å². The van der Waals surface area contributed by atoms with E-state index in [2.05, 4.69) is 0 Å². The number of sulfone groups is 1. The van der Waals surface area contributed by atoms with E-state index in [4.69, 9.17) is 4.74 Å². The number of carbonyl (C=O) groups is 1. The molecule has 0 bridgehead atoms. The summed E-state index contributed by atoms with van der Waals surface area (Å²) in [5.74, 6) is -0.589. The van der Waals surface area contributed by atoms with Gasteiger partial charge in [-0.05, 0) is 57.5 Å². The van der Waals surface area contributed by atoms with Crippen LogP contribution < -0.4 is 4.72 Å². The van der Waals surface area contributed by atoms with E-state index >= 15 is 0 Å². The van der Waals surface area contributed by atoms with E-state index < -0.39 is 53.0 Å². The van der Waals surface area contributed by atoms with Gasteiger partial charge in [0.05, 0.1) is 20.2 Å². The molecule has 0 aliphatic carbocycles. The maximum absolute atomic E-state index is 13.5. The molecule has 0 amide bonds. The fraction of sp³-hybridized carbons (Fsp3) is 0.381. The number of hydrogen-bond donors (Lipinski definition) is 1. The van der Waals surface area contributed by atoms with Crippen LogP contribution in [0.3, 0.4) is 0 Å². The lowest BCUT2D eigenvalue weighted by molar-refractivity contribution is -0.154. The standard InChI is InChI=1S/C21H24F3NO6S2/c1-20(2,3)31-19(26)10-7-13-25-33(29,30)18-14-16(11-12-17(18)21(22,23)24)32(27,28)15-8-5-4-6-9-15/h4-6,8-9,11-12,14,25H,7,10,13H2,1-3H3. The molecule has 7 nitrogen and oxygen atoms in total. The van der Waals surface area contributed by atoms with Crippen LogP contribution in [0.1, 0.15) is 39.2 Å².